The highest BCUT2D eigenvalue weighted by Crippen LogP contribution is 2.09. The minimum atomic E-state index is -0.121. The third kappa shape index (κ3) is 5.90. The van der Waals surface area contributed by atoms with Gasteiger partial charge in [-0.15, -0.1) is 0 Å². The lowest BCUT2D eigenvalue weighted by Gasteiger charge is -2.23. The van der Waals surface area contributed by atoms with E-state index in [9.17, 15) is 4.79 Å². The number of benzene rings is 2. The highest BCUT2D eigenvalue weighted by atomic mass is 16.5. The van der Waals surface area contributed by atoms with Crippen molar-refractivity contribution in [2.75, 3.05) is 19.7 Å². The summed E-state index contributed by atoms with van der Waals surface area (Å²) in [6.07, 6.45) is 5.16. The van der Waals surface area contributed by atoms with Gasteiger partial charge in [0, 0.05) is 38.1 Å². The molecule has 0 atom stereocenters. The highest BCUT2D eigenvalue weighted by Gasteiger charge is 2.09. The van der Waals surface area contributed by atoms with E-state index in [4.69, 9.17) is 4.74 Å². The van der Waals surface area contributed by atoms with Crippen molar-refractivity contribution in [2.45, 2.75) is 13.1 Å². The van der Waals surface area contributed by atoms with Crippen LogP contribution >= 0.6 is 0 Å². The molecule has 0 unspecified atom stereocenters. The van der Waals surface area contributed by atoms with E-state index >= 15 is 0 Å². The maximum atomic E-state index is 12.3. The smallest absolute Gasteiger partial charge is 0.266 e. The van der Waals surface area contributed by atoms with E-state index in [-0.39, 0.29) is 5.56 Å². The number of nitrogens with zero attached hydrogens (tertiary/aromatic N) is 5. The van der Waals surface area contributed by atoms with Crippen LogP contribution in [0.2, 0.25) is 0 Å². The second-order valence-corrected chi connectivity index (χ2v) is 7.15. The Morgan fingerprint density at radius 3 is 2.42 bits per heavy atom. The number of rotatable bonds is 10. The quantitative estimate of drug-likeness (QED) is 0.398. The summed E-state index contributed by atoms with van der Waals surface area (Å²) in [7, 11) is 0. The minimum absolute atomic E-state index is 0.121. The summed E-state index contributed by atoms with van der Waals surface area (Å²) in [5.74, 6) is 1.52. The van der Waals surface area contributed by atoms with Crippen LogP contribution in [0.1, 0.15) is 5.56 Å². The van der Waals surface area contributed by atoms with Gasteiger partial charge in [0.1, 0.15) is 18.7 Å². The molecular formula is C24H25N5O2. The van der Waals surface area contributed by atoms with Gasteiger partial charge in [0.2, 0.25) is 0 Å². The van der Waals surface area contributed by atoms with Gasteiger partial charge in [-0.3, -0.25) is 14.3 Å². The molecule has 0 saturated heterocycles. The van der Waals surface area contributed by atoms with Gasteiger partial charge in [-0.05, 0) is 23.8 Å². The fraction of sp³-hybridized carbons (Fsp3) is 0.208. The monoisotopic (exact) mass is 415 g/mol. The Labute approximate surface area is 181 Å². The topological polar surface area (TPSA) is 65.2 Å². The molecule has 2 heterocycles. The SMILES string of the molecule is O=c1ccc(-n2ccnc2)nn1CCN(CCOc1ccccc1)Cc1ccccc1. The average molecular weight is 415 g/mol. The van der Waals surface area contributed by atoms with Gasteiger partial charge in [0.15, 0.2) is 5.82 Å². The molecule has 0 radical (unpaired) electrons. The fourth-order valence-corrected chi connectivity index (χ4v) is 3.29. The first-order valence-corrected chi connectivity index (χ1v) is 10.3. The zero-order chi connectivity index (χ0) is 21.3. The van der Waals surface area contributed by atoms with E-state index in [1.165, 1.54) is 10.2 Å². The van der Waals surface area contributed by atoms with Gasteiger partial charge >= 0.3 is 0 Å². The molecule has 4 rings (SSSR count). The van der Waals surface area contributed by atoms with Crippen LogP contribution in [0, 0.1) is 0 Å². The van der Waals surface area contributed by atoms with Gasteiger partial charge in [0.05, 0.1) is 6.54 Å². The maximum absolute atomic E-state index is 12.3. The largest absolute Gasteiger partial charge is 0.492 e. The zero-order valence-corrected chi connectivity index (χ0v) is 17.2. The van der Waals surface area contributed by atoms with Crippen molar-refractivity contribution in [2.24, 2.45) is 0 Å². The lowest BCUT2D eigenvalue weighted by atomic mass is 10.2. The van der Waals surface area contributed by atoms with E-state index in [1.54, 1.807) is 35.4 Å². The van der Waals surface area contributed by atoms with Crippen molar-refractivity contribution in [3.8, 4) is 11.6 Å². The fourth-order valence-electron chi connectivity index (χ4n) is 3.29. The summed E-state index contributed by atoms with van der Waals surface area (Å²) in [6, 6.07) is 23.3. The number of ether oxygens (including phenoxy) is 1. The molecule has 7 nitrogen and oxygen atoms in total. The second-order valence-electron chi connectivity index (χ2n) is 7.15. The van der Waals surface area contributed by atoms with Crippen molar-refractivity contribution in [1.29, 1.82) is 0 Å². The predicted molar refractivity (Wildman–Crippen MR) is 119 cm³/mol. The van der Waals surface area contributed by atoms with Gasteiger partial charge < -0.3 is 4.74 Å². The number of aromatic nitrogens is 4. The lowest BCUT2D eigenvalue weighted by Crippen LogP contribution is -2.34. The van der Waals surface area contributed by atoms with Crippen molar-refractivity contribution in [3.63, 3.8) is 0 Å². The summed E-state index contributed by atoms with van der Waals surface area (Å²) in [5.41, 5.74) is 1.10. The van der Waals surface area contributed by atoms with Gasteiger partial charge in [-0.1, -0.05) is 48.5 Å². The Balaban J connectivity index is 1.42. The second kappa shape index (κ2) is 10.4. The van der Waals surface area contributed by atoms with Crippen LogP contribution in [0.5, 0.6) is 5.75 Å². The Bertz CT molecular complexity index is 1110. The molecule has 0 amide bonds. The minimum Gasteiger partial charge on any atom is -0.492 e. The van der Waals surface area contributed by atoms with Crippen LogP contribution in [-0.2, 0) is 13.1 Å². The van der Waals surface area contributed by atoms with E-state index in [0.29, 0.717) is 25.5 Å². The number of hydrogen-bond donors (Lipinski definition) is 0. The van der Waals surface area contributed by atoms with E-state index in [2.05, 4.69) is 27.1 Å². The lowest BCUT2D eigenvalue weighted by molar-refractivity contribution is 0.194. The van der Waals surface area contributed by atoms with Crippen LogP contribution in [0.15, 0.2) is 96.3 Å². The van der Waals surface area contributed by atoms with Crippen LogP contribution < -0.4 is 10.3 Å². The summed E-state index contributed by atoms with van der Waals surface area (Å²) in [6.45, 7) is 3.23. The molecule has 0 aliphatic heterocycles. The molecular weight excluding hydrogens is 390 g/mol. The van der Waals surface area contributed by atoms with E-state index in [1.807, 2.05) is 48.5 Å². The first-order chi connectivity index (χ1) is 15.3. The number of hydrogen-bond acceptors (Lipinski definition) is 5. The molecule has 7 heteroatoms. The molecule has 2 aromatic carbocycles. The molecule has 158 valence electrons. The highest BCUT2D eigenvalue weighted by molar-refractivity contribution is 5.21. The Hall–Kier alpha value is -3.71. The third-order valence-electron chi connectivity index (χ3n) is 4.92. The molecule has 0 aliphatic rings. The molecule has 2 aromatic heterocycles. The molecule has 0 N–H and O–H groups in total. The Kier molecular flexibility index (Phi) is 6.87. The van der Waals surface area contributed by atoms with Gasteiger partial charge in [-0.2, -0.15) is 5.10 Å². The molecule has 0 bridgehead atoms. The molecule has 0 aliphatic carbocycles. The zero-order valence-electron chi connectivity index (χ0n) is 17.2. The third-order valence-corrected chi connectivity index (χ3v) is 4.92. The van der Waals surface area contributed by atoms with Crippen LogP contribution in [0.3, 0.4) is 0 Å². The molecule has 0 saturated carbocycles. The normalized spacial score (nSPS) is 11.0. The Morgan fingerprint density at radius 1 is 0.903 bits per heavy atom. The number of imidazole rings is 1. The molecule has 0 spiro atoms. The van der Waals surface area contributed by atoms with Crippen LogP contribution in [0.25, 0.3) is 5.82 Å². The van der Waals surface area contributed by atoms with Crippen LogP contribution in [-0.4, -0.2) is 43.9 Å². The molecule has 0 fully saturated rings. The summed E-state index contributed by atoms with van der Waals surface area (Å²) >= 11 is 0. The first-order valence-electron chi connectivity index (χ1n) is 10.3. The van der Waals surface area contributed by atoms with Gasteiger partial charge in [0.25, 0.3) is 5.56 Å². The number of para-hydroxylation sites is 1. The average Bonchev–Trinajstić information content (AvgIpc) is 3.35. The van der Waals surface area contributed by atoms with Crippen molar-refractivity contribution >= 4 is 0 Å². The van der Waals surface area contributed by atoms with E-state index < -0.39 is 0 Å². The maximum Gasteiger partial charge on any atom is 0.266 e. The summed E-state index contributed by atoms with van der Waals surface area (Å²) in [5, 5.41) is 4.49. The Morgan fingerprint density at radius 2 is 1.68 bits per heavy atom. The molecule has 31 heavy (non-hydrogen) atoms. The van der Waals surface area contributed by atoms with Gasteiger partial charge in [-0.25, -0.2) is 9.67 Å². The summed E-state index contributed by atoms with van der Waals surface area (Å²) < 4.78 is 9.17. The van der Waals surface area contributed by atoms with Crippen molar-refractivity contribution in [1.82, 2.24) is 24.2 Å². The summed E-state index contributed by atoms with van der Waals surface area (Å²) in [4.78, 5) is 18.7. The van der Waals surface area contributed by atoms with E-state index in [0.717, 1.165) is 18.8 Å². The first kappa shape index (κ1) is 20.6. The van der Waals surface area contributed by atoms with Crippen molar-refractivity contribution < 1.29 is 4.74 Å². The molecule has 4 aromatic rings. The van der Waals surface area contributed by atoms with Crippen molar-refractivity contribution in [3.05, 3.63) is 107 Å². The van der Waals surface area contributed by atoms with Crippen LogP contribution in [0.4, 0.5) is 0 Å². The predicted octanol–water partition coefficient (Wildman–Crippen LogP) is 3.01. The standard InChI is InChI=1S/C24H25N5O2/c30-24-12-11-23(28-14-13-25-20-28)26-29(24)16-15-27(19-21-7-3-1-4-8-21)17-18-31-22-9-5-2-6-10-22/h1-14,20H,15-19H2.